The second-order valence-corrected chi connectivity index (χ2v) is 11.7. The summed E-state index contributed by atoms with van der Waals surface area (Å²) in [7, 11) is 3.06. The summed E-state index contributed by atoms with van der Waals surface area (Å²) in [4.78, 5) is 21.9. The number of piperazine rings is 1. The number of para-hydroxylation sites is 1. The van der Waals surface area contributed by atoms with Crippen molar-refractivity contribution in [2.45, 2.75) is 51.8 Å². The van der Waals surface area contributed by atoms with Gasteiger partial charge in [0.15, 0.2) is 11.5 Å². The van der Waals surface area contributed by atoms with Crippen molar-refractivity contribution in [1.82, 2.24) is 14.5 Å². The minimum Gasteiger partial charge on any atom is -0.465 e. The minimum atomic E-state index is -1.36. The van der Waals surface area contributed by atoms with Crippen molar-refractivity contribution in [3.63, 3.8) is 0 Å². The molecule has 1 saturated heterocycles. The number of nitriles is 1. The van der Waals surface area contributed by atoms with E-state index in [0.717, 1.165) is 42.2 Å². The van der Waals surface area contributed by atoms with Crippen LogP contribution in [0.2, 0.25) is 0 Å². The molecule has 0 amide bonds. The zero-order chi connectivity index (χ0) is 31.9. The highest BCUT2D eigenvalue weighted by molar-refractivity contribution is 5.93. The summed E-state index contributed by atoms with van der Waals surface area (Å²) in [5.74, 6) is -0.299. The number of hydrogen-bond donors (Lipinski definition) is 0. The second-order valence-electron chi connectivity index (χ2n) is 11.7. The van der Waals surface area contributed by atoms with E-state index in [-0.39, 0.29) is 29.2 Å². The fourth-order valence-corrected chi connectivity index (χ4v) is 6.13. The first-order valence-corrected chi connectivity index (χ1v) is 14.9. The van der Waals surface area contributed by atoms with Crippen molar-refractivity contribution in [2.75, 3.05) is 38.8 Å². The molecule has 2 aliphatic rings. The molecule has 3 heterocycles. The molecule has 2 unspecified atom stereocenters. The van der Waals surface area contributed by atoms with Gasteiger partial charge in [-0.15, -0.1) is 0 Å². The van der Waals surface area contributed by atoms with Gasteiger partial charge in [0.2, 0.25) is 0 Å². The van der Waals surface area contributed by atoms with Gasteiger partial charge in [-0.05, 0) is 62.4 Å². The summed E-state index contributed by atoms with van der Waals surface area (Å²) in [5.41, 5.74) is 3.49. The number of fused-ring (bicyclic) bond motifs is 2. The van der Waals surface area contributed by atoms with Crippen LogP contribution in [0.1, 0.15) is 48.1 Å². The average molecular weight is 614 g/mol. The molecule has 1 aromatic heterocycles. The van der Waals surface area contributed by atoms with Crippen LogP contribution in [0, 0.1) is 17.1 Å². The lowest BCUT2D eigenvalue weighted by molar-refractivity contribution is -0.0705. The summed E-state index contributed by atoms with van der Waals surface area (Å²) in [6.07, 6.45) is -0.0527. The van der Waals surface area contributed by atoms with Gasteiger partial charge in [0.05, 0.1) is 65.8 Å². The van der Waals surface area contributed by atoms with Crippen LogP contribution in [0.25, 0.3) is 11.0 Å². The van der Waals surface area contributed by atoms with E-state index in [1.54, 1.807) is 26.2 Å². The van der Waals surface area contributed by atoms with Gasteiger partial charge in [-0.3, -0.25) is 4.90 Å². The molecular weight excluding hydrogens is 577 g/mol. The van der Waals surface area contributed by atoms with Crippen LogP contribution in [-0.4, -0.2) is 66.4 Å². The van der Waals surface area contributed by atoms with Gasteiger partial charge in [0, 0.05) is 39.7 Å². The van der Waals surface area contributed by atoms with Gasteiger partial charge >= 0.3 is 5.97 Å². The fraction of sp³-hybridized carbons (Fsp3) is 0.382. The number of nitrogens with zero attached hydrogens (tertiary/aromatic N) is 5. The van der Waals surface area contributed by atoms with Gasteiger partial charge in [-0.2, -0.15) is 5.26 Å². The Bertz CT molecular complexity index is 1800. The second kappa shape index (κ2) is 12.0. The molecule has 3 aromatic carbocycles. The molecule has 10 nitrogen and oxygen atoms in total. The summed E-state index contributed by atoms with van der Waals surface area (Å²) in [6, 6.07) is 17.6. The fourth-order valence-electron chi connectivity index (χ4n) is 6.13. The lowest BCUT2D eigenvalue weighted by Gasteiger charge is -2.41. The van der Waals surface area contributed by atoms with Crippen molar-refractivity contribution < 1.29 is 28.1 Å². The molecular formula is C34H36FN5O5. The zero-order valence-corrected chi connectivity index (χ0v) is 26.0. The number of rotatable bonds is 8. The number of halogens is 1. The number of anilines is 1. The van der Waals surface area contributed by atoms with Crippen LogP contribution >= 0.6 is 0 Å². The van der Waals surface area contributed by atoms with Crippen LogP contribution in [0.15, 0.2) is 54.6 Å². The predicted molar refractivity (Wildman–Crippen MR) is 166 cm³/mol. The number of methoxy groups -OCH3 is 2. The molecule has 0 aliphatic carbocycles. The molecule has 2 aliphatic heterocycles. The first-order valence-electron chi connectivity index (χ1n) is 14.9. The van der Waals surface area contributed by atoms with Gasteiger partial charge in [-0.25, -0.2) is 14.2 Å². The number of aromatic nitrogens is 2. The third-order valence-corrected chi connectivity index (χ3v) is 8.69. The van der Waals surface area contributed by atoms with E-state index in [0.29, 0.717) is 30.2 Å². The molecule has 234 valence electrons. The van der Waals surface area contributed by atoms with Crippen molar-refractivity contribution in [2.24, 2.45) is 0 Å². The Morgan fingerprint density at radius 3 is 2.71 bits per heavy atom. The lowest BCUT2D eigenvalue weighted by atomic mass is 10.0. The highest BCUT2D eigenvalue weighted by Crippen LogP contribution is 2.50. The molecule has 0 saturated carbocycles. The standard InChI is InChI=1S/C34H36FN5O5/c1-21-18-39(28-7-6-8-30-32(28)45-34(3,44-30)25-11-9-23(17-36)15-26(25)35)14-13-38(21)20-31-37-27-12-10-24(33(41)43-5)16-29(27)40(31)19-22(2)42-4/h6-12,15-16,21-22H,13-14,18-20H2,1-5H3/t21?,22-,34?/m1/s1. The van der Waals surface area contributed by atoms with Crippen molar-refractivity contribution >= 4 is 22.7 Å². The van der Waals surface area contributed by atoms with E-state index in [2.05, 4.69) is 21.3 Å². The molecule has 4 aromatic rings. The van der Waals surface area contributed by atoms with Gasteiger partial charge < -0.3 is 28.4 Å². The van der Waals surface area contributed by atoms with E-state index in [1.165, 1.54) is 19.2 Å². The highest BCUT2D eigenvalue weighted by Gasteiger charge is 2.43. The molecule has 6 rings (SSSR count). The third-order valence-electron chi connectivity index (χ3n) is 8.69. The largest absolute Gasteiger partial charge is 0.465 e. The smallest absolute Gasteiger partial charge is 0.337 e. The first kappa shape index (κ1) is 30.4. The number of carbonyl (C=O) groups excluding carboxylic acids is 1. The molecule has 3 atom stereocenters. The number of ether oxygens (including phenoxy) is 4. The molecule has 11 heteroatoms. The molecule has 45 heavy (non-hydrogen) atoms. The summed E-state index contributed by atoms with van der Waals surface area (Å²) in [6.45, 7) is 9.31. The van der Waals surface area contributed by atoms with Crippen LogP contribution in [0.5, 0.6) is 11.5 Å². The normalized spacial score (nSPS) is 20.3. The molecule has 0 spiro atoms. The molecule has 0 bridgehead atoms. The van der Waals surface area contributed by atoms with Crippen LogP contribution in [0.3, 0.4) is 0 Å². The van der Waals surface area contributed by atoms with Crippen LogP contribution < -0.4 is 14.4 Å². The van der Waals surface area contributed by atoms with E-state index in [1.807, 2.05) is 43.3 Å². The Balaban J connectivity index is 1.22. The Morgan fingerprint density at radius 2 is 2.00 bits per heavy atom. The molecule has 0 N–H and O–H groups in total. The first-order chi connectivity index (χ1) is 21.6. The molecule has 0 radical (unpaired) electrons. The Labute approximate surface area is 261 Å². The number of carbonyl (C=O) groups is 1. The number of benzene rings is 3. The summed E-state index contributed by atoms with van der Waals surface area (Å²) >= 11 is 0. The Morgan fingerprint density at radius 1 is 1.18 bits per heavy atom. The maximum absolute atomic E-state index is 15.0. The quantitative estimate of drug-likeness (QED) is 0.248. The van der Waals surface area contributed by atoms with E-state index in [4.69, 9.17) is 29.2 Å². The average Bonchev–Trinajstić information content (AvgIpc) is 3.57. The van der Waals surface area contributed by atoms with Gasteiger partial charge in [0.25, 0.3) is 5.79 Å². The van der Waals surface area contributed by atoms with Crippen molar-refractivity contribution in [3.05, 3.63) is 82.9 Å². The topological polar surface area (TPSA) is 102 Å². The van der Waals surface area contributed by atoms with Crippen molar-refractivity contribution in [3.8, 4) is 17.6 Å². The SMILES string of the molecule is COC(=O)c1ccc2nc(CN3CCN(c4cccc5c4OC(C)(c4ccc(C#N)cc4F)O5)CC3C)n(C[C@@H](C)OC)c2c1. The number of imidazole rings is 1. The highest BCUT2D eigenvalue weighted by atomic mass is 19.1. The Kier molecular flexibility index (Phi) is 8.12. The summed E-state index contributed by atoms with van der Waals surface area (Å²) < 4.78 is 40.2. The summed E-state index contributed by atoms with van der Waals surface area (Å²) in [5, 5.41) is 9.14. The van der Waals surface area contributed by atoms with E-state index in [9.17, 15) is 9.18 Å². The maximum atomic E-state index is 15.0. The lowest BCUT2D eigenvalue weighted by Crippen LogP contribution is -2.51. The van der Waals surface area contributed by atoms with Crippen molar-refractivity contribution in [1.29, 1.82) is 5.26 Å². The zero-order valence-electron chi connectivity index (χ0n) is 26.0. The number of hydrogen-bond acceptors (Lipinski definition) is 9. The Hall–Kier alpha value is -4.66. The molecule has 1 fully saturated rings. The number of esters is 1. The third kappa shape index (κ3) is 5.67. The minimum absolute atomic E-state index is 0.0527. The van der Waals surface area contributed by atoms with Gasteiger partial charge in [-0.1, -0.05) is 6.07 Å². The van der Waals surface area contributed by atoms with Crippen LogP contribution in [-0.2, 0) is 28.4 Å². The maximum Gasteiger partial charge on any atom is 0.337 e. The van der Waals surface area contributed by atoms with Gasteiger partial charge in [0.1, 0.15) is 11.6 Å². The monoisotopic (exact) mass is 613 g/mol. The van der Waals surface area contributed by atoms with Crippen LogP contribution in [0.4, 0.5) is 10.1 Å². The van der Waals surface area contributed by atoms with E-state index < -0.39 is 11.6 Å². The predicted octanol–water partition coefficient (Wildman–Crippen LogP) is 5.22. The van der Waals surface area contributed by atoms with E-state index >= 15 is 0 Å².